The van der Waals surface area contributed by atoms with Crippen LogP contribution in [0.3, 0.4) is 0 Å². The average Bonchev–Trinajstić information content (AvgIpc) is 3.52. The van der Waals surface area contributed by atoms with Crippen LogP contribution in [-0.4, -0.2) is 46.7 Å². The number of hydrogen-bond donors (Lipinski definition) is 0. The monoisotopic (exact) mass is 401 g/mol. The van der Waals surface area contributed by atoms with Crippen LogP contribution >= 0.6 is 0 Å². The van der Waals surface area contributed by atoms with E-state index < -0.39 is 11.7 Å². The lowest BCUT2D eigenvalue weighted by Crippen LogP contribution is -2.35. The maximum atomic E-state index is 13.2. The number of ketones is 1. The van der Waals surface area contributed by atoms with Gasteiger partial charge in [0.1, 0.15) is 6.54 Å². The van der Waals surface area contributed by atoms with Gasteiger partial charge in [-0.05, 0) is 37.0 Å². The Hall–Kier alpha value is -3.41. The first kappa shape index (κ1) is 18.6. The Morgan fingerprint density at radius 3 is 2.43 bits per heavy atom. The first-order chi connectivity index (χ1) is 14.6. The van der Waals surface area contributed by atoms with Gasteiger partial charge in [0.15, 0.2) is 0 Å². The molecule has 2 aromatic carbocycles. The van der Waals surface area contributed by atoms with Crippen molar-refractivity contribution in [1.29, 1.82) is 0 Å². The van der Waals surface area contributed by atoms with E-state index in [0.29, 0.717) is 17.5 Å². The van der Waals surface area contributed by atoms with Gasteiger partial charge in [-0.2, -0.15) is 0 Å². The fourth-order valence-electron chi connectivity index (χ4n) is 4.56. The molecule has 0 aliphatic carbocycles. The molecule has 1 fully saturated rings. The van der Waals surface area contributed by atoms with Crippen molar-refractivity contribution in [3.8, 4) is 0 Å². The summed E-state index contributed by atoms with van der Waals surface area (Å²) in [5, 5.41) is 0.706. The molecular weight excluding hydrogens is 378 g/mol. The molecule has 5 rings (SSSR count). The molecule has 1 aromatic heterocycles. The Labute approximate surface area is 174 Å². The number of carbonyl (C=O) groups is 3. The summed E-state index contributed by atoms with van der Waals surface area (Å²) in [7, 11) is 0. The zero-order valence-electron chi connectivity index (χ0n) is 16.7. The van der Waals surface area contributed by atoms with Crippen LogP contribution in [0.5, 0.6) is 0 Å². The number of likely N-dealkylation sites (tertiary alicyclic amines) is 1. The average molecular weight is 401 g/mol. The van der Waals surface area contributed by atoms with E-state index in [9.17, 15) is 14.4 Å². The summed E-state index contributed by atoms with van der Waals surface area (Å²) >= 11 is 0. The van der Waals surface area contributed by atoms with Crippen LogP contribution in [0.1, 0.15) is 28.8 Å². The lowest BCUT2D eigenvalue weighted by molar-refractivity contribution is -0.130. The Balaban J connectivity index is 1.46. The van der Waals surface area contributed by atoms with Crippen LogP contribution in [-0.2, 0) is 22.6 Å². The number of anilines is 1. The number of nitrogens with zero attached hydrogens (tertiary/aromatic N) is 3. The molecule has 2 aliphatic heterocycles. The molecule has 0 bridgehead atoms. The predicted molar refractivity (Wildman–Crippen MR) is 115 cm³/mol. The van der Waals surface area contributed by atoms with E-state index in [-0.39, 0.29) is 12.5 Å². The summed E-state index contributed by atoms with van der Waals surface area (Å²) in [4.78, 5) is 42.4. The van der Waals surface area contributed by atoms with Crippen LogP contribution in [0.4, 0.5) is 5.69 Å². The van der Waals surface area contributed by atoms with Gasteiger partial charge < -0.3 is 14.4 Å². The standard InChI is InChI=1S/C24H23N3O3/c28-22(25-12-5-6-13-25)16-26-15-19(18-8-2-4-10-21(18)26)23(29)24(30)27-14-11-17-7-1-3-9-20(17)27/h1-4,7-10,15H,5-6,11-14,16H2. The molecule has 0 unspecified atom stereocenters. The Morgan fingerprint density at radius 2 is 1.60 bits per heavy atom. The smallest absolute Gasteiger partial charge is 0.299 e. The van der Waals surface area contributed by atoms with E-state index >= 15 is 0 Å². The molecule has 6 heteroatoms. The summed E-state index contributed by atoms with van der Waals surface area (Å²) in [5.74, 6) is -1.00. The van der Waals surface area contributed by atoms with Crippen LogP contribution in [0.2, 0.25) is 0 Å². The van der Waals surface area contributed by atoms with Crippen LogP contribution < -0.4 is 4.90 Å². The third-order valence-electron chi connectivity index (χ3n) is 6.12. The minimum Gasteiger partial charge on any atom is -0.341 e. The number of carbonyl (C=O) groups excluding carboxylic acids is 3. The largest absolute Gasteiger partial charge is 0.341 e. The normalized spacial score (nSPS) is 15.6. The third kappa shape index (κ3) is 3.09. The number of para-hydroxylation sites is 2. The van der Waals surface area contributed by atoms with E-state index in [1.165, 1.54) is 0 Å². The number of fused-ring (bicyclic) bond motifs is 2. The maximum Gasteiger partial charge on any atom is 0.299 e. The van der Waals surface area contributed by atoms with Crippen molar-refractivity contribution in [2.45, 2.75) is 25.8 Å². The molecule has 3 heterocycles. The summed E-state index contributed by atoms with van der Waals surface area (Å²) in [6, 6.07) is 15.1. The van der Waals surface area contributed by atoms with Gasteiger partial charge in [-0.1, -0.05) is 36.4 Å². The molecule has 0 radical (unpaired) electrons. The Morgan fingerprint density at radius 1 is 0.867 bits per heavy atom. The zero-order valence-corrected chi connectivity index (χ0v) is 16.7. The van der Waals surface area contributed by atoms with E-state index in [0.717, 1.165) is 49.1 Å². The highest BCUT2D eigenvalue weighted by atomic mass is 16.2. The van der Waals surface area contributed by atoms with Gasteiger partial charge in [-0.25, -0.2) is 0 Å². The maximum absolute atomic E-state index is 13.2. The molecule has 1 saturated heterocycles. The molecular formula is C24H23N3O3. The molecule has 0 N–H and O–H groups in total. The lowest BCUT2D eigenvalue weighted by Gasteiger charge is -2.16. The second-order valence-corrected chi connectivity index (χ2v) is 7.94. The summed E-state index contributed by atoms with van der Waals surface area (Å²) in [6.07, 6.45) is 4.49. The second-order valence-electron chi connectivity index (χ2n) is 7.94. The molecule has 0 atom stereocenters. The molecule has 30 heavy (non-hydrogen) atoms. The van der Waals surface area contributed by atoms with Crippen molar-refractivity contribution < 1.29 is 14.4 Å². The number of rotatable bonds is 4. The van der Waals surface area contributed by atoms with Crippen LogP contribution in [0.25, 0.3) is 10.9 Å². The fourth-order valence-corrected chi connectivity index (χ4v) is 4.56. The summed E-state index contributed by atoms with van der Waals surface area (Å²) in [6.45, 7) is 2.26. The number of Topliss-reactive ketones (excluding diaryl/α,β-unsaturated/α-hetero) is 1. The molecule has 0 spiro atoms. The van der Waals surface area contributed by atoms with Gasteiger partial charge in [-0.15, -0.1) is 0 Å². The highest BCUT2D eigenvalue weighted by Gasteiger charge is 2.31. The van der Waals surface area contributed by atoms with Crippen molar-refractivity contribution in [2.24, 2.45) is 0 Å². The number of amides is 2. The van der Waals surface area contributed by atoms with Crippen LogP contribution in [0.15, 0.2) is 54.7 Å². The van der Waals surface area contributed by atoms with Gasteiger partial charge in [0, 0.05) is 42.4 Å². The first-order valence-corrected chi connectivity index (χ1v) is 10.4. The fraction of sp³-hybridized carbons (Fsp3) is 0.292. The van der Waals surface area contributed by atoms with E-state index in [2.05, 4.69) is 0 Å². The van der Waals surface area contributed by atoms with Gasteiger partial charge in [0.25, 0.3) is 11.7 Å². The van der Waals surface area contributed by atoms with Crippen molar-refractivity contribution in [3.05, 3.63) is 65.9 Å². The molecule has 3 aromatic rings. The number of benzene rings is 2. The zero-order chi connectivity index (χ0) is 20.7. The number of hydrogen-bond acceptors (Lipinski definition) is 3. The highest BCUT2D eigenvalue weighted by Crippen LogP contribution is 2.29. The summed E-state index contributed by atoms with van der Waals surface area (Å²) in [5.41, 5.74) is 3.04. The quantitative estimate of drug-likeness (QED) is 0.499. The van der Waals surface area contributed by atoms with E-state index in [4.69, 9.17) is 0 Å². The van der Waals surface area contributed by atoms with Crippen molar-refractivity contribution in [1.82, 2.24) is 9.47 Å². The second kappa shape index (κ2) is 7.44. The lowest BCUT2D eigenvalue weighted by atomic mass is 10.1. The van der Waals surface area contributed by atoms with Crippen molar-refractivity contribution >= 4 is 34.2 Å². The first-order valence-electron chi connectivity index (χ1n) is 10.4. The molecule has 152 valence electrons. The minimum atomic E-state index is -0.532. The van der Waals surface area contributed by atoms with Crippen LogP contribution in [0, 0.1) is 0 Å². The molecule has 0 saturated carbocycles. The van der Waals surface area contributed by atoms with E-state index in [1.807, 2.05) is 53.4 Å². The molecule has 2 amide bonds. The SMILES string of the molecule is O=C(C(=O)N1CCc2ccccc21)c1cn(CC(=O)N2CCCC2)c2ccccc12. The molecule has 2 aliphatic rings. The third-order valence-corrected chi connectivity index (χ3v) is 6.12. The van der Waals surface area contributed by atoms with Gasteiger partial charge >= 0.3 is 0 Å². The van der Waals surface area contributed by atoms with E-state index in [1.54, 1.807) is 15.7 Å². The minimum absolute atomic E-state index is 0.0482. The van der Waals surface area contributed by atoms with Crippen molar-refractivity contribution in [2.75, 3.05) is 24.5 Å². The Kier molecular flexibility index (Phi) is 4.62. The Bertz CT molecular complexity index is 1160. The van der Waals surface area contributed by atoms with Gasteiger partial charge in [-0.3, -0.25) is 14.4 Å². The highest BCUT2D eigenvalue weighted by molar-refractivity contribution is 6.49. The van der Waals surface area contributed by atoms with Crippen molar-refractivity contribution in [3.63, 3.8) is 0 Å². The molecule has 6 nitrogen and oxygen atoms in total. The van der Waals surface area contributed by atoms with Gasteiger partial charge in [0.05, 0.1) is 5.56 Å². The predicted octanol–water partition coefficient (Wildman–Crippen LogP) is 3.04. The topological polar surface area (TPSA) is 62.6 Å². The van der Waals surface area contributed by atoms with Gasteiger partial charge in [0.2, 0.25) is 5.91 Å². The summed E-state index contributed by atoms with van der Waals surface area (Å²) < 4.78 is 1.80. The number of aromatic nitrogens is 1.